The summed E-state index contributed by atoms with van der Waals surface area (Å²) >= 11 is 0. The van der Waals surface area contributed by atoms with Crippen LogP contribution in [0.25, 0.3) is 44.8 Å². The third-order valence-electron chi connectivity index (χ3n) is 7.65. The van der Waals surface area contributed by atoms with Gasteiger partial charge in [-0.15, -0.1) is 0 Å². The predicted molar refractivity (Wildman–Crippen MR) is 176 cm³/mol. The summed E-state index contributed by atoms with van der Waals surface area (Å²) in [5.74, 6) is 4.01. The highest BCUT2D eigenvalue weighted by atomic mass is 16.6. The van der Waals surface area contributed by atoms with E-state index in [1.165, 1.54) is 11.1 Å². The molecule has 10 heteroatoms. The van der Waals surface area contributed by atoms with Gasteiger partial charge in [-0.2, -0.15) is 0 Å². The Hall–Kier alpha value is -5.06. The van der Waals surface area contributed by atoms with Gasteiger partial charge in [0.25, 0.3) is 0 Å². The molecule has 2 N–H and O–H groups in total. The quantitative estimate of drug-likeness (QED) is 0.221. The number of benzene rings is 4. The molecule has 0 spiro atoms. The average molecular weight is 621 g/mol. The van der Waals surface area contributed by atoms with Gasteiger partial charge in [-0.1, -0.05) is 12.1 Å². The van der Waals surface area contributed by atoms with Crippen molar-refractivity contribution in [2.24, 2.45) is 0 Å². The Labute approximate surface area is 266 Å². The fourth-order valence-corrected chi connectivity index (χ4v) is 5.34. The number of ether oxygens (including phenoxy) is 6. The lowest BCUT2D eigenvalue weighted by atomic mass is 10.2. The van der Waals surface area contributed by atoms with Crippen LogP contribution >= 0.6 is 0 Å². The summed E-state index contributed by atoms with van der Waals surface area (Å²) in [6, 6.07) is 23.9. The second kappa shape index (κ2) is 13.5. The Morgan fingerprint density at radius 3 is 1.30 bits per heavy atom. The van der Waals surface area contributed by atoms with Crippen LogP contribution in [0.4, 0.5) is 0 Å². The van der Waals surface area contributed by atoms with Crippen molar-refractivity contribution in [1.29, 1.82) is 0 Å². The van der Waals surface area contributed by atoms with Crippen molar-refractivity contribution in [3.8, 4) is 45.8 Å². The maximum absolute atomic E-state index is 6.14. The summed E-state index contributed by atoms with van der Waals surface area (Å²) in [5, 5.41) is 0. The Morgan fingerprint density at radius 2 is 0.870 bits per heavy atom. The standard InChI is InChI=1S/C36H36N4O6/c1-23-3-7-27-29(19-23)39-35(37-27)25-5-9-31-33(21-25)45-17-13-42-14-18-46-34-22-26(6-10-32(34)44-16-12-41-11-15-43-31)36-38-28-8-4-24(2)20-30(28)40-36/h3-10,19-22H,11-18H2,1-2H3,(H,37,39)(H,38,40). The van der Waals surface area contributed by atoms with E-state index in [4.69, 9.17) is 38.4 Å². The molecule has 4 aromatic carbocycles. The second-order valence-corrected chi connectivity index (χ2v) is 11.2. The van der Waals surface area contributed by atoms with Crippen LogP contribution in [0.2, 0.25) is 0 Å². The maximum Gasteiger partial charge on any atom is 0.162 e. The summed E-state index contributed by atoms with van der Waals surface area (Å²) in [6.07, 6.45) is 0. The minimum atomic E-state index is 0.338. The Balaban J connectivity index is 1.03. The van der Waals surface area contributed by atoms with Gasteiger partial charge < -0.3 is 38.4 Å². The molecule has 0 saturated carbocycles. The zero-order valence-electron chi connectivity index (χ0n) is 25.9. The number of hydrogen-bond donors (Lipinski definition) is 2. The lowest BCUT2D eigenvalue weighted by Gasteiger charge is -2.16. The molecule has 1 aliphatic rings. The smallest absolute Gasteiger partial charge is 0.162 e. The van der Waals surface area contributed by atoms with E-state index in [0.717, 1.165) is 44.8 Å². The fourth-order valence-electron chi connectivity index (χ4n) is 5.34. The van der Waals surface area contributed by atoms with Crippen LogP contribution in [0.1, 0.15) is 11.1 Å². The first-order valence-electron chi connectivity index (χ1n) is 15.5. The summed E-state index contributed by atoms with van der Waals surface area (Å²) in [5.41, 5.74) is 7.96. The summed E-state index contributed by atoms with van der Waals surface area (Å²) < 4.78 is 36.0. The Morgan fingerprint density at radius 1 is 0.457 bits per heavy atom. The van der Waals surface area contributed by atoms with Crippen LogP contribution in [0.3, 0.4) is 0 Å². The SMILES string of the molecule is Cc1ccc2nc(-c3ccc4c(c3)OCCOCCOc3cc(-c5nc6ccc(C)cc6[nH]5)ccc3OCCOCCO4)[nH]c2c1. The van der Waals surface area contributed by atoms with Gasteiger partial charge >= 0.3 is 0 Å². The van der Waals surface area contributed by atoms with Gasteiger partial charge in [-0.25, -0.2) is 9.97 Å². The first kappa shape index (κ1) is 29.6. The molecular weight excluding hydrogens is 584 g/mol. The molecule has 7 rings (SSSR count). The van der Waals surface area contributed by atoms with Gasteiger partial charge in [0.15, 0.2) is 23.0 Å². The first-order valence-corrected chi connectivity index (χ1v) is 15.5. The van der Waals surface area contributed by atoms with Gasteiger partial charge in [0.05, 0.1) is 48.5 Å². The molecular formula is C36H36N4O6. The molecule has 0 amide bonds. The third kappa shape index (κ3) is 6.78. The van der Waals surface area contributed by atoms with Crippen LogP contribution in [-0.2, 0) is 9.47 Å². The normalized spacial score (nSPS) is 15.0. The average Bonchev–Trinajstić information content (AvgIpc) is 3.68. The van der Waals surface area contributed by atoms with Gasteiger partial charge in [0, 0.05) is 11.1 Å². The molecule has 0 aliphatic carbocycles. The number of H-pyrrole nitrogens is 2. The molecule has 0 atom stereocenters. The van der Waals surface area contributed by atoms with Crippen molar-refractivity contribution in [3.63, 3.8) is 0 Å². The largest absolute Gasteiger partial charge is 0.487 e. The van der Waals surface area contributed by atoms with Crippen molar-refractivity contribution in [1.82, 2.24) is 19.9 Å². The number of nitrogens with zero attached hydrogens (tertiary/aromatic N) is 2. The summed E-state index contributed by atoms with van der Waals surface area (Å²) in [4.78, 5) is 16.3. The summed E-state index contributed by atoms with van der Waals surface area (Å²) in [7, 11) is 0. The molecule has 1 aliphatic heterocycles. The Bertz CT molecular complexity index is 1830. The number of aryl methyl sites for hydroxylation is 2. The second-order valence-electron chi connectivity index (χ2n) is 11.2. The minimum absolute atomic E-state index is 0.338. The minimum Gasteiger partial charge on any atom is -0.487 e. The lowest BCUT2D eigenvalue weighted by Crippen LogP contribution is -2.15. The highest BCUT2D eigenvalue weighted by molar-refractivity contribution is 5.81. The monoisotopic (exact) mass is 620 g/mol. The van der Waals surface area contributed by atoms with Crippen molar-refractivity contribution < 1.29 is 28.4 Å². The highest BCUT2D eigenvalue weighted by Crippen LogP contribution is 2.34. The topological polar surface area (TPSA) is 113 Å². The van der Waals surface area contributed by atoms with Crippen molar-refractivity contribution >= 4 is 22.1 Å². The molecule has 2 aromatic heterocycles. The van der Waals surface area contributed by atoms with E-state index in [1.807, 2.05) is 48.5 Å². The van der Waals surface area contributed by atoms with Crippen molar-refractivity contribution in [3.05, 3.63) is 83.9 Å². The predicted octanol–water partition coefficient (Wildman–Crippen LogP) is 6.65. The van der Waals surface area contributed by atoms with Gasteiger partial charge in [-0.05, 0) is 85.6 Å². The van der Waals surface area contributed by atoms with Crippen LogP contribution in [0.15, 0.2) is 72.8 Å². The van der Waals surface area contributed by atoms with Gasteiger partial charge in [0.1, 0.15) is 38.1 Å². The number of aromatic nitrogens is 4. The molecule has 0 fully saturated rings. The van der Waals surface area contributed by atoms with Crippen LogP contribution in [0, 0.1) is 13.8 Å². The van der Waals surface area contributed by atoms with E-state index >= 15 is 0 Å². The molecule has 0 bridgehead atoms. The summed E-state index contributed by atoms with van der Waals surface area (Å²) in [6.45, 7) is 7.06. The maximum atomic E-state index is 6.14. The molecule has 46 heavy (non-hydrogen) atoms. The number of rotatable bonds is 2. The number of nitrogens with one attached hydrogen (secondary N) is 2. The molecule has 236 valence electrons. The lowest BCUT2D eigenvalue weighted by molar-refractivity contribution is 0.0640. The number of hydrogen-bond acceptors (Lipinski definition) is 8. The van der Waals surface area contributed by atoms with E-state index in [-0.39, 0.29) is 0 Å². The molecule has 6 aromatic rings. The van der Waals surface area contributed by atoms with Crippen molar-refractivity contribution in [2.75, 3.05) is 52.9 Å². The van der Waals surface area contributed by atoms with E-state index in [0.29, 0.717) is 75.9 Å². The Kier molecular flexibility index (Phi) is 8.71. The fraction of sp³-hybridized carbons (Fsp3) is 0.278. The van der Waals surface area contributed by atoms with E-state index in [9.17, 15) is 0 Å². The molecule has 0 radical (unpaired) electrons. The van der Waals surface area contributed by atoms with Gasteiger partial charge in [0.2, 0.25) is 0 Å². The molecule has 3 heterocycles. The zero-order chi connectivity index (χ0) is 31.3. The zero-order valence-corrected chi connectivity index (χ0v) is 25.9. The number of imidazole rings is 2. The van der Waals surface area contributed by atoms with E-state index in [2.05, 4.69) is 48.1 Å². The van der Waals surface area contributed by atoms with Crippen LogP contribution in [0.5, 0.6) is 23.0 Å². The van der Waals surface area contributed by atoms with E-state index in [1.54, 1.807) is 0 Å². The van der Waals surface area contributed by atoms with Crippen molar-refractivity contribution in [2.45, 2.75) is 13.8 Å². The number of aromatic amines is 2. The first-order chi connectivity index (χ1) is 22.6. The highest BCUT2D eigenvalue weighted by Gasteiger charge is 2.14. The van der Waals surface area contributed by atoms with Gasteiger partial charge in [-0.3, -0.25) is 0 Å². The molecule has 10 nitrogen and oxygen atoms in total. The van der Waals surface area contributed by atoms with Crippen LogP contribution in [-0.4, -0.2) is 72.8 Å². The molecule has 0 saturated heterocycles. The van der Waals surface area contributed by atoms with E-state index < -0.39 is 0 Å². The number of fused-ring (bicyclic) bond motifs is 4. The molecule has 0 unspecified atom stereocenters. The third-order valence-corrected chi connectivity index (χ3v) is 7.65. The van der Waals surface area contributed by atoms with Crippen LogP contribution < -0.4 is 18.9 Å².